The van der Waals surface area contributed by atoms with Gasteiger partial charge in [0.25, 0.3) is 0 Å². The maximum Gasteiger partial charge on any atom is 0.227 e. The van der Waals surface area contributed by atoms with Crippen LogP contribution in [0.3, 0.4) is 0 Å². The second kappa shape index (κ2) is 4.61. The summed E-state index contributed by atoms with van der Waals surface area (Å²) in [6, 6.07) is 5.42. The van der Waals surface area contributed by atoms with E-state index in [-0.39, 0.29) is 0 Å². The van der Waals surface area contributed by atoms with Gasteiger partial charge in [0.2, 0.25) is 5.95 Å². The molecule has 18 heavy (non-hydrogen) atoms. The maximum absolute atomic E-state index is 5.84. The third kappa shape index (κ3) is 2.20. The van der Waals surface area contributed by atoms with E-state index >= 15 is 0 Å². The van der Waals surface area contributed by atoms with E-state index in [1.165, 1.54) is 12.8 Å². The second-order valence-corrected chi connectivity index (χ2v) is 5.06. The number of hydrogen-bond acceptors (Lipinski definition) is 5. The predicted octanol–water partition coefficient (Wildman–Crippen LogP) is 2.68. The molecule has 94 valence electrons. The number of nitrogen functional groups attached to an aromatic ring is 1. The van der Waals surface area contributed by atoms with Crippen molar-refractivity contribution in [3.05, 3.63) is 22.9 Å². The molecule has 0 saturated carbocycles. The summed E-state index contributed by atoms with van der Waals surface area (Å²) in [7, 11) is 0. The second-order valence-electron chi connectivity index (χ2n) is 4.28. The van der Waals surface area contributed by atoms with Crippen LogP contribution in [0, 0.1) is 0 Å². The van der Waals surface area contributed by atoms with Gasteiger partial charge in [0.1, 0.15) is 11.5 Å². The van der Waals surface area contributed by atoms with Crippen molar-refractivity contribution in [2.45, 2.75) is 12.8 Å². The van der Waals surface area contributed by atoms with Crippen LogP contribution in [0.25, 0.3) is 11.5 Å². The summed E-state index contributed by atoms with van der Waals surface area (Å²) in [5, 5.41) is 0. The molecule has 6 heteroatoms. The van der Waals surface area contributed by atoms with Crippen LogP contribution in [0.5, 0.6) is 0 Å². The van der Waals surface area contributed by atoms with Crippen molar-refractivity contribution in [2.24, 2.45) is 0 Å². The zero-order valence-electron chi connectivity index (χ0n) is 9.77. The van der Waals surface area contributed by atoms with E-state index in [0.29, 0.717) is 22.2 Å². The van der Waals surface area contributed by atoms with E-state index < -0.39 is 0 Å². The molecule has 0 unspecified atom stereocenters. The molecule has 3 heterocycles. The largest absolute Gasteiger partial charge is 0.448 e. The van der Waals surface area contributed by atoms with Crippen molar-refractivity contribution in [3.8, 4) is 11.5 Å². The number of nitrogens with two attached hydrogens (primary N) is 1. The molecule has 1 aliphatic heterocycles. The first-order valence-electron chi connectivity index (χ1n) is 5.87. The van der Waals surface area contributed by atoms with Gasteiger partial charge in [0.15, 0.2) is 10.4 Å². The number of furan rings is 1. The van der Waals surface area contributed by atoms with Gasteiger partial charge in [-0.3, -0.25) is 0 Å². The molecule has 1 saturated heterocycles. The minimum absolute atomic E-state index is 0.467. The van der Waals surface area contributed by atoms with Gasteiger partial charge in [0.05, 0.1) is 0 Å². The summed E-state index contributed by atoms with van der Waals surface area (Å²) in [6.45, 7) is 1.98. The zero-order chi connectivity index (χ0) is 12.5. The van der Waals surface area contributed by atoms with E-state index in [0.717, 1.165) is 18.8 Å². The van der Waals surface area contributed by atoms with Crippen LogP contribution in [0.2, 0.25) is 0 Å². The Morgan fingerprint density at radius 2 is 2.00 bits per heavy atom. The fraction of sp³-hybridized carbons (Fsp3) is 0.333. The van der Waals surface area contributed by atoms with Crippen molar-refractivity contribution in [3.63, 3.8) is 0 Å². The molecule has 2 aromatic rings. The Bertz CT molecular complexity index is 563. The molecule has 5 nitrogen and oxygen atoms in total. The normalized spacial score (nSPS) is 15.3. The molecule has 2 N–H and O–H groups in total. The van der Waals surface area contributed by atoms with Crippen LogP contribution < -0.4 is 10.6 Å². The van der Waals surface area contributed by atoms with Crippen LogP contribution in [0.1, 0.15) is 12.8 Å². The monoisotopic (exact) mass is 308 g/mol. The predicted molar refractivity (Wildman–Crippen MR) is 73.3 cm³/mol. The number of halogens is 1. The van der Waals surface area contributed by atoms with E-state index in [9.17, 15) is 0 Å². The molecule has 0 aliphatic carbocycles. The summed E-state index contributed by atoms with van der Waals surface area (Å²) in [6.07, 6.45) is 2.36. The molecular formula is C12H13BrN4O. The van der Waals surface area contributed by atoms with Crippen molar-refractivity contribution in [1.29, 1.82) is 0 Å². The average Bonchev–Trinajstić information content (AvgIpc) is 2.98. The Labute approximate surface area is 113 Å². The number of anilines is 2. The fourth-order valence-corrected chi connectivity index (χ4v) is 2.40. The summed E-state index contributed by atoms with van der Waals surface area (Å²) in [5.74, 6) is 1.85. The van der Waals surface area contributed by atoms with Crippen LogP contribution >= 0.6 is 15.9 Å². The lowest BCUT2D eigenvalue weighted by Crippen LogP contribution is -2.21. The topological polar surface area (TPSA) is 68.2 Å². The molecule has 0 spiro atoms. The number of hydrogen-bond donors (Lipinski definition) is 1. The smallest absolute Gasteiger partial charge is 0.227 e. The van der Waals surface area contributed by atoms with Gasteiger partial charge in [-0.15, -0.1) is 0 Å². The minimum atomic E-state index is 0.467. The van der Waals surface area contributed by atoms with E-state index in [4.69, 9.17) is 10.2 Å². The fourth-order valence-electron chi connectivity index (χ4n) is 2.09. The maximum atomic E-state index is 5.84. The van der Waals surface area contributed by atoms with E-state index in [1.54, 1.807) is 6.07 Å². The molecule has 2 aromatic heterocycles. The van der Waals surface area contributed by atoms with Crippen LogP contribution in [0.15, 0.2) is 27.3 Å². The van der Waals surface area contributed by atoms with E-state index in [2.05, 4.69) is 30.8 Å². The van der Waals surface area contributed by atoms with Crippen molar-refractivity contribution in [1.82, 2.24) is 9.97 Å². The standard InChI is InChI=1S/C12H13BrN4O/c13-10-4-3-9(18-10)8-7-11(14)16-12(15-8)17-5-1-2-6-17/h3-4,7H,1-2,5-6H2,(H2,14,15,16). The van der Waals surface area contributed by atoms with Crippen LogP contribution in [0.4, 0.5) is 11.8 Å². The molecule has 3 rings (SSSR count). The Hall–Kier alpha value is -1.56. The van der Waals surface area contributed by atoms with Gasteiger partial charge < -0.3 is 15.1 Å². The highest BCUT2D eigenvalue weighted by molar-refractivity contribution is 9.10. The highest BCUT2D eigenvalue weighted by Crippen LogP contribution is 2.26. The lowest BCUT2D eigenvalue weighted by Gasteiger charge is -2.15. The van der Waals surface area contributed by atoms with Gasteiger partial charge in [-0.05, 0) is 40.9 Å². The molecule has 0 atom stereocenters. The third-order valence-corrected chi connectivity index (χ3v) is 3.37. The Balaban J connectivity index is 1.99. The molecule has 0 amide bonds. The Morgan fingerprint density at radius 3 is 2.67 bits per heavy atom. The summed E-state index contributed by atoms with van der Waals surface area (Å²) < 4.78 is 6.17. The summed E-state index contributed by atoms with van der Waals surface area (Å²) in [5.41, 5.74) is 6.56. The average molecular weight is 309 g/mol. The van der Waals surface area contributed by atoms with E-state index in [1.807, 2.05) is 12.1 Å². The van der Waals surface area contributed by atoms with Crippen molar-refractivity contribution in [2.75, 3.05) is 23.7 Å². The van der Waals surface area contributed by atoms with Gasteiger partial charge >= 0.3 is 0 Å². The highest BCUT2D eigenvalue weighted by atomic mass is 79.9. The molecule has 1 fully saturated rings. The van der Waals surface area contributed by atoms with Gasteiger partial charge in [0, 0.05) is 19.2 Å². The van der Waals surface area contributed by atoms with Crippen LogP contribution in [-0.4, -0.2) is 23.1 Å². The lowest BCUT2D eigenvalue weighted by molar-refractivity contribution is 0.553. The minimum Gasteiger partial charge on any atom is -0.448 e. The van der Waals surface area contributed by atoms with Gasteiger partial charge in [-0.25, -0.2) is 4.98 Å². The molecular weight excluding hydrogens is 296 g/mol. The molecule has 1 aliphatic rings. The molecule has 0 radical (unpaired) electrons. The summed E-state index contributed by atoms with van der Waals surface area (Å²) >= 11 is 3.28. The van der Waals surface area contributed by atoms with Gasteiger partial charge in [-0.2, -0.15) is 4.98 Å². The number of rotatable bonds is 2. The van der Waals surface area contributed by atoms with Gasteiger partial charge in [-0.1, -0.05) is 0 Å². The SMILES string of the molecule is Nc1cc(-c2ccc(Br)o2)nc(N2CCCC2)n1. The lowest BCUT2D eigenvalue weighted by atomic mass is 10.3. The Morgan fingerprint density at radius 1 is 1.22 bits per heavy atom. The molecule has 0 bridgehead atoms. The first-order valence-corrected chi connectivity index (χ1v) is 6.67. The van der Waals surface area contributed by atoms with Crippen molar-refractivity contribution < 1.29 is 4.42 Å². The number of aromatic nitrogens is 2. The van der Waals surface area contributed by atoms with Crippen molar-refractivity contribution >= 4 is 27.7 Å². The summed E-state index contributed by atoms with van der Waals surface area (Å²) in [4.78, 5) is 11.0. The first-order chi connectivity index (χ1) is 8.72. The zero-order valence-corrected chi connectivity index (χ0v) is 11.4. The number of nitrogens with zero attached hydrogens (tertiary/aromatic N) is 3. The highest BCUT2D eigenvalue weighted by Gasteiger charge is 2.17. The Kier molecular flexibility index (Phi) is 2.95. The first kappa shape index (κ1) is 11.5. The third-order valence-electron chi connectivity index (χ3n) is 2.95. The quantitative estimate of drug-likeness (QED) is 0.923. The molecule has 0 aromatic carbocycles. The van der Waals surface area contributed by atoms with Crippen LogP contribution in [-0.2, 0) is 0 Å².